The standard InChI is InChI=1S/C27H22Cl2O3/c1-16-26(2,27(16,28)29)25(30)32-22-15-13-18-9-5-7-11-20(18)24(22)23-19-10-6-4-8-17(19)12-14-21(23)31-3/h4-16H,1-3H3/t16-,26-/m0/s1. The third kappa shape index (κ3) is 2.92. The summed E-state index contributed by atoms with van der Waals surface area (Å²) in [6.07, 6.45) is 0. The highest BCUT2D eigenvalue weighted by Gasteiger charge is 2.76. The smallest absolute Gasteiger partial charge is 0.320 e. The molecule has 1 saturated carbocycles. The van der Waals surface area contributed by atoms with Gasteiger partial charge in [-0.15, -0.1) is 23.2 Å². The van der Waals surface area contributed by atoms with E-state index < -0.39 is 15.7 Å². The van der Waals surface area contributed by atoms with Crippen molar-refractivity contribution < 1.29 is 14.3 Å². The van der Waals surface area contributed by atoms with Gasteiger partial charge in [0.15, 0.2) is 0 Å². The quantitative estimate of drug-likeness (QED) is 0.179. The van der Waals surface area contributed by atoms with Crippen LogP contribution >= 0.6 is 23.2 Å². The lowest BCUT2D eigenvalue weighted by Crippen LogP contribution is -2.24. The largest absolute Gasteiger partial charge is 0.496 e. The molecule has 0 aromatic heterocycles. The number of fused-ring (bicyclic) bond motifs is 2. The zero-order valence-electron chi connectivity index (χ0n) is 18.0. The topological polar surface area (TPSA) is 35.5 Å². The van der Waals surface area contributed by atoms with Crippen molar-refractivity contribution in [1.82, 2.24) is 0 Å². The number of esters is 1. The van der Waals surface area contributed by atoms with Gasteiger partial charge in [-0.3, -0.25) is 4.79 Å². The minimum Gasteiger partial charge on any atom is -0.496 e. The van der Waals surface area contributed by atoms with E-state index in [0.717, 1.165) is 32.7 Å². The molecule has 4 aromatic carbocycles. The summed E-state index contributed by atoms with van der Waals surface area (Å²) in [7, 11) is 1.65. The summed E-state index contributed by atoms with van der Waals surface area (Å²) in [5.41, 5.74) is 0.709. The normalized spacial score (nSPS) is 21.5. The van der Waals surface area contributed by atoms with E-state index in [2.05, 4.69) is 6.07 Å². The molecule has 5 rings (SSSR count). The lowest BCUT2D eigenvalue weighted by molar-refractivity contribution is -0.140. The molecule has 2 atom stereocenters. The molecule has 1 aliphatic carbocycles. The maximum atomic E-state index is 13.2. The number of benzene rings is 4. The number of ether oxygens (including phenoxy) is 2. The van der Waals surface area contributed by atoms with Crippen LogP contribution in [0.15, 0.2) is 72.8 Å². The van der Waals surface area contributed by atoms with Crippen molar-refractivity contribution in [3.8, 4) is 22.6 Å². The Morgan fingerprint density at radius 2 is 1.28 bits per heavy atom. The van der Waals surface area contributed by atoms with E-state index in [0.29, 0.717) is 11.5 Å². The predicted octanol–water partition coefficient (Wildman–Crippen LogP) is 7.40. The maximum absolute atomic E-state index is 13.2. The third-order valence-electron chi connectivity index (χ3n) is 6.90. The van der Waals surface area contributed by atoms with Crippen LogP contribution in [0, 0.1) is 11.3 Å². The van der Waals surface area contributed by atoms with Crippen molar-refractivity contribution in [2.75, 3.05) is 7.11 Å². The Hall–Kier alpha value is -2.75. The fraction of sp³-hybridized carbons (Fsp3) is 0.222. The lowest BCUT2D eigenvalue weighted by atomic mass is 9.92. The van der Waals surface area contributed by atoms with Crippen molar-refractivity contribution in [2.45, 2.75) is 18.2 Å². The molecule has 1 fully saturated rings. The molecule has 3 nitrogen and oxygen atoms in total. The van der Waals surface area contributed by atoms with Crippen molar-refractivity contribution in [1.29, 1.82) is 0 Å². The van der Waals surface area contributed by atoms with Gasteiger partial charge in [0, 0.05) is 17.0 Å². The molecule has 0 N–H and O–H groups in total. The number of methoxy groups -OCH3 is 1. The first-order chi connectivity index (χ1) is 15.3. The molecule has 4 aromatic rings. The van der Waals surface area contributed by atoms with E-state index in [1.54, 1.807) is 14.0 Å². The van der Waals surface area contributed by atoms with Gasteiger partial charge in [-0.2, -0.15) is 0 Å². The Morgan fingerprint density at radius 3 is 1.78 bits per heavy atom. The van der Waals surface area contributed by atoms with E-state index in [4.69, 9.17) is 32.7 Å². The Morgan fingerprint density at radius 1 is 0.812 bits per heavy atom. The summed E-state index contributed by atoms with van der Waals surface area (Å²) in [6.45, 7) is 3.61. The lowest BCUT2D eigenvalue weighted by Gasteiger charge is -2.19. The zero-order chi connectivity index (χ0) is 22.7. The molecular weight excluding hydrogens is 443 g/mol. The molecule has 5 heteroatoms. The second-order valence-corrected chi connectivity index (χ2v) is 9.85. The van der Waals surface area contributed by atoms with Gasteiger partial charge in [-0.25, -0.2) is 0 Å². The van der Waals surface area contributed by atoms with Crippen molar-refractivity contribution in [3.63, 3.8) is 0 Å². The number of hydrogen-bond acceptors (Lipinski definition) is 3. The monoisotopic (exact) mass is 464 g/mol. The fourth-order valence-electron chi connectivity index (χ4n) is 4.53. The fourth-order valence-corrected chi connectivity index (χ4v) is 5.34. The summed E-state index contributed by atoms with van der Waals surface area (Å²) in [6, 6.07) is 23.9. The summed E-state index contributed by atoms with van der Waals surface area (Å²) in [4.78, 5) is 13.2. The average molecular weight is 465 g/mol. The third-order valence-corrected chi connectivity index (χ3v) is 8.34. The summed E-state index contributed by atoms with van der Waals surface area (Å²) in [5.74, 6) is 0.507. The van der Waals surface area contributed by atoms with Gasteiger partial charge in [-0.05, 0) is 40.6 Å². The van der Waals surface area contributed by atoms with E-state index in [9.17, 15) is 4.79 Å². The predicted molar refractivity (Wildman–Crippen MR) is 131 cm³/mol. The van der Waals surface area contributed by atoms with Crippen molar-refractivity contribution in [2.24, 2.45) is 11.3 Å². The van der Waals surface area contributed by atoms with Crippen molar-refractivity contribution >= 4 is 50.7 Å². The van der Waals surface area contributed by atoms with Crippen LogP contribution in [0.4, 0.5) is 0 Å². The molecule has 0 aliphatic heterocycles. The molecule has 0 heterocycles. The highest BCUT2D eigenvalue weighted by Crippen LogP contribution is 2.69. The van der Waals surface area contributed by atoms with Crippen LogP contribution in [0.3, 0.4) is 0 Å². The summed E-state index contributed by atoms with van der Waals surface area (Å²) < 4.78 is 10.6. The van der Waals surface area contributed by atoms with Crippen LogP contribution in [-0.4, -0.2) is 17.4 Å². The van der Waals surface area contributed by atoms with Gasteiger partial charge in [0.1, 0.15) is 21.2 Å². The number of hydrogen-bond donors (Lipinski definition) is 0. The molecular formula is C27H22Cl2O3. The van der Waals surface area contributed by atoms with Gasteiger partial charge in [0.25, 0.3) is 0 Å². The number of carbonyl (C=O) groups excluding carboxylic acids is 1. The Bertz CT molecular complexity index is 1380. The van der Waals surface area contributed by atoms with E-state index in [1.165, 1.54) is 0 Å². The Kier molecular flexibility index (Phi) is 4.88. The first-order valence-electron chi connectivity index (χ1n) is 10.5. The van der Waals surface area contributed by atoms with Crippen LogP contribution < -0.4 is 9.47 Å². The molecule has 0 bridgehead atoms. The molecule has 162 valence electrons. The SMILES string of the molecule is COc1ccc2ccccc2c1-c1c(OC(=O)[C@]2(C)[C@H](C)C2(Cl)Cl)ccc2ccccc12. The van der Waals surface area contributed by atoms with Gasteiger partial charge in [0.2, 0.25) is 0 Å². The van der Waals surface area contributed by atoms with Gasteiger partial charge < -0.3 is 9.47 Å². The average Bonchev–Trinajstić information content (AvgIpc) is 3.22. The number of alkyl halides is 2. The van der Waals surface area contributed by atoms with Gasteiger partial charge in [-0.1, -0.05) is 67.6 Å². The maximum Gasteiger partial charge on any atom is 0.320 e. The summed E-state index contributed by atoms with van der Waals surface area (Å²) in [5, 5.41) is 4.07. The second kappa shape index (κ2) is 7.40. The first-order valence-corrected chi connectivity index (χ1v) is 11.2. The Labute approximate surface area is 196 Å². The molecule has 0 saturated heterocycles. The zero-order valence-corrected chi connectivity index (χ0v) is 19.5. The van der Waals surface area contributed by atoms with Crippen LogP contribution in [0.25, 0.3) is 32.7 Å². The van der Waals surface area contributed by atoms with Gasteiger partial charge in [0.05, 0.1) is 7.11 Å². The molecule has 0 spiro atoms. The van der Waals surface area contributed by atoms with Crippen LogP contribution in [0.2, 0.25) is 0 Å². The molecule has 0 unspecified atom stereocenters. The molecule has 32 heavy (non-hydrogen) atoms. The molecule has 1 aliphatic rings. The minimum absolute atomic E-state index is 0.207. The van der Waals surface area contributed by atoms with E-state index >= 15 is 0 Å². The van der Waals surface area contributed by atoms with Gasteiger partial charge >= 0.3 is 5.97 Å². The number of halogens is 2. The van der Waals surface area contributed by atoms with Crippen molar-refractivity contribution in [3.05, 3.63) is 72.8 Å². The molecule has 0 amide bonds. The highest BCUT2D eigenvalue weighted by atomic mass is 35.5. The second-order valence-electron chi connectivity index (χ2n) is 8.46. The van der Waals surface area contributed by atoms with E-state index in [1.807, 2.05) is 73.7 Å². The summed E-state index contributed by atoms with van der Waals surface area (Å²) >= 11 is 12.8. The minimum atomic E-state index is -1.14. The van der Waals surface area contributed by atoms with E-state index in [-0.39, 0.29) is 5.92 Å². The van der Waals surface area contributed by atoms with Crippen LogP contribution in [-0.2, 0) is 4.79 Å². The molecule has 0 radical (unpaired) electrons. The highest BCUT2D eigenvalue weighted by molar-refractivity contribution is 6.53. The van der Waals surface area contributed by atoms with Crippen LogP contribution in [0.1, 0.15) is 13.8 Å². The first kappa shape index (κ1) is 21.1. The Balaban J connectivity index is 1.77. The number of carbonyl (C=O) groups is 1. The number of rotatable bonds is 4. The van der Waals surface area contributed by atoms with Crippen LogP contribution in [0.5, 0.6) is 11.5 Å².